The van der Waals surface area contributed by atoms with E-state index in [1.807, 2.05) is 0 Å². The zero-order chi connectivity index (χ0) is 12.1. The molecule has 2 aromatic rings. The van der Waals surface area contributed by atoms with Crippen molar-refractivity contribution >= 4 is 0 Å². The van der Waals surface area contributed by atoms with Crippen molar-refractivity contribution in [2.24, 2.45) is 0 Å². The first kappa shape index (κ1) is 11.5. The minimum atomic E-state index is -0.820. The highest BCUT2D eigenvalue weighted by Gasteiger charge is 2.09. The number of rotatable bonds is 4. The lowest BCUT2D eigenvalue weighted by atomic mass is 10.2. The third-order valence-electron chi connectivity index (χ3n) is 2.23. The summed E-state index contributed by atoms with van der Waals surface area (Å²) in [4.78, 5) is 4.00. The normalized spacial score (nSPS) is 12.1. The summed E-state index contributed by atoms with van der Waals surface area (Å²) in [6.45, 7) is 0.0421. The molecule has 0 aliphatic carbocycles. The third-order valence-corrected chi connectivity index (χ3v) is 2.23. The molecule has 0 fully saturated rings. The molecule has 0 aliphatic heterocycles. The molecule has 0 saturated carbocycles. The molecule has 17 heavy (non-hydrogen) atoms. The van der Waals surface area contributed by atoms with Crippen molar-refractivity contribution in [3.05, 3.63) is 60.2 Å². The van der Waals surface area contributed by atoms with Crippen LogP contribution in [-0.4, -0.2) is 16.7 Å². The standard InChI is InChI=1S/C13H12FNO2/c14-10-4-3-5-11(8-10)17-9-13(16)12-6-1-2-7-15-12/h1-8,13,16H,9H2. The van der Waals surface area contributed by atoms with Crippen LogP contribution in [0.5, 0.6) is 5.75 Å². The number of hydrogen-bond acceptors (Lipinski definition) is 3. The van der Waals surface area contributed by atoms with E-state index in [9.17, 15) is 9.50 Å². The predicted molar refractivity (Wildman–Crippen MR) is 61.1 cm³/mol. The molecule has 0 aliphatic rings. The number of nitrogens with zero attached hydrogens (tertiary/aromatic N) is 1. The van der Waals surface area contributed by atoms with Crippen molar-refractivity contribution in [2.45, 2.75) is 6.10 Å². The van der Waals surface area contributed by atoms with Crippen LogP contribution in [0.4, 0.5) is 4.39 Å². The molecule has 0 bridgehead atoms. The first-order valence-corrected chi connectivity index (χ1v) is 5.23. The molecule has 3 nitrogen and oxygen atoms in total. The molecular formula is C13H12FNO2. The molecule has 0 radical (unpaired) electrons. The van der Waals surface area contributed by atoms with Gasteiger partial charge in [0.2, 0.25) is 0 Å². The summed E-state index contributed by atoms with van der Waals surface area (Å²) in [5.41, 5.74) is 0.531. The fourth-order valence-corrected chi connectivity index (χ4v) is 1.39. The molecule has 2 rings (SSSR count). The molecule has 1 aromatic heterocycles. The Balaban J connectivity index is 1.95. The molecule has 0 amide bonds. The van der Waals surface area contributed by atoms with Crippen LogP contribution < -0.4 is 4.74 Å². The van der Waals surface area contributed by atoms with Gasteiger partial charge in [-0.2, -0.15) is 0 Å². The summed E-state index contributed by atoms with van der Waals surface area (Å²) in [7, 11) is 0. The first-order valence-electron chi connectivity index (χ1n) is 5.23. The fourth-order valence-electron chi connectivity index (χ4n) is 1.39. The van der Waals surface area contributed by atoms with Crippen LogP contribution in [0.15, 0.2) is 48.7 Å². The van der Waals surface area contributed by atoms with Crippen molar-refractivity contribution in [1.29, 1.82) is 0 Å². The highest BCUT2D eigenvalue weighted by Crippen LogP contribution is 2.15. The molecule has 0 spiro atoms. The number of pyridine rings is 1. The Morgan fingerprint density at radius 2 is 2.12 bits per heavy atom. The average Bonchev–Trinajstić information content (AvgIpc) is 2.37. The SMILES string of the molecule is OC(COc1cccc(F)c1)c1ccccn1. The van der Waals surface area contributed by atoms with Crippen LogP contribution in [0.1, 0.15) is 11.8 Å². The quantitative estimate of drug-likeness (QED) is 0.881. The van der Waals surface area contributed by atoms with Gasteiger partial charge in [-0.05, 0) is 24.3 Å². The Bertz CT molecular complexity index is 476. The van der Waals surface area contributed by atoms with Gasteiger partial charge in [-0.1, -0.05) is 12.1 Å². The van der Waals surface area contributed by atoms with E-state index < -0.39 is 6.10 Å². The highest BCUT2D eigenvalue weighted by molar-refractivity contribution is 5.22. The summed E-state index contributed by atoms with van der Waals surface area (Å²) in [6.07, 6.45) is 0.778. The number of halogens is 1. The van der Waals surface area contributed by atoms with Gasteiger partial charge in [-0.15, -0.1) is 0 Å². The second kappa shape index (κ2) is 5.41. The molecule has 4 heteroatoms. The fraction of sp³-hybridized carbons (Fsp3) is 0.154. The summed E-state index contributed by atoms with van der Waals surface area (Å²) >= 11 is 0. The summed E-state index contributed by atoms with van der Waals surface area (Å²) in [5, 5.41) is 9.77. The minimum Gasteiger partial charge on any atom is -0.490 e. The third kappa shape index (κ3) is 3.26. The van der Waals surface area contributed by atoms with Gasteiger partial charge in [0.05, 0.1) is 5.69 Å². The Morgan fingerprint density at radius 3 is 2.82 bits per heavy atom. The van der Waals surface area contributed by atoms with Gasteiger partial charge in [0.25, 0.3) is 0 Å². The monoisotopic (exact) mass is 233 g/mol. The molecular weight excluding hydrogens is 221 g/mol. The zero-order valence-corrected chi connectivity index (χ0v) is 9.08. The van der Waals surface area contributed by atoms with E-state index in [1.54, 1.807) is 36.5 Å². The number of benzene rings is 1. The van der Waals surface area contributed by atoms with Crippen LogP contribution in [-0.2, 0) is 0 Å². The van der Waals surface area contributed by atoms with Gasteiger partial charge in [0.15, 0.2) is 0 Å². The van der Waals surface area contributed by atoms with Gasteiger partial charge >= 0.3 is 0 Å². The molecule has 1 aromatic carbocycles. The summed E-state index contributed by atoms with van der Waals surface area (Å²) in [6, 6.07) is 11.1. The number of aliphatic hydroxyl groups excluding tert-OH is 1. The number of aliphatic hydroxyl groups is 1. The molecule has 0 saturated heterocycles. The Labute approximate surface area is 98.5 Å². The largest absolute Gasteiger partial charge is 0.490 e. The summed E-state index contributed by atoms with van der Waals surface area (Å²) < 4.78 is 18.1. The number of hydrogen-bond donors (Lipinski definition) is 1. The topological polar surface area (TPSA) is 42.4 Å². The van der Waals surface area contributed by atoms with E-state index in [2.05, 4.69) is 4.98 Å². The highest BCUT2D eigenvalue weighted by atomic mass is 19.1. The number of aromatic nitrogens is 1. The second-order valence-electron chi connectivity index (χ2n) is 3.54. The van der Waals surface area contributed by atoms with Crippen molar-refractivity contribution in [1.82, 2.24) is 4.98 Å². The lowest BCUT2D eigenvalue weighted by molar-refractivity contribution is 0.104. The van der Waals surface area contributed by atoms with Gasteiger partial charge < -0.3 is 9.84 Å². The van der Waals surface area contributed by atoms with Crippen molar-refractivity contribution < 1.29 is 14.2 Å². The molecule has 1 N–H and O–H groups in total. The lowest BCUT2D eigenvalue weighted by Gasteiger charge is -2.11. The maximum atomic E-state index is 12.9. The first-order chi connectivity index (χ1) is 8.25. The summed E-state index contributed by atoms with van der Waals surface area (Å²) in [5.74, 6) is 0.0230. The zero-order valence-electron chi connectivity index (χ0n) is 9.08. The molecule has 1 unspecified atom stereocenters. The number of ether oxygens (including phenoxy) is 1. The van der Waals surface area contributed by atoms with Gasteiger partial charge in [-0.25, -0.2) is 4.39 Å². The van der Waals surface area contributed by atoms with E-state index in [0.29, 0.717) is 11.4 Å². The Kier molecular flexibility index (Phi) is 3.67. The van der Waals surface area contributed by atoms with Crippen molar-refractivity contribution in [3.8, 4) is 5.75 Å². The Morgan fingerprint density at radius 1 is 1.24 bits per heavy atom. The predicted octanol–water partition coefficient (Wildman–Crippen LogP) is 2.33. The minimum absolute atomic E-state index is 0.0421. The molecule has 88 valence electrons. The van der Waals surface area contributed by atoms with Gasteiger partial charge in [0, 0.05) is 12.3 Å². The van der Waals surface area contributed by atoms with E-state index in [-0.39, 0.29) is 12.4 Å². The van der Waals surface area contributed by atoms with Gasteiger partial charge in [-0.3, -0.25) is 4.98 Å². The van der Waals surface area contributed by atoms with E-state index >= 15 is 0 Å². The van der Waals surface area contributed by atoms with Crippen LogP contribution >= 0.6 is 0 Å². The van der Waals surface area contributed by atoms with E-state index in [4.69, 9.17) is 4.74 Å². The maximum absolute atomic E-state index is 12.9. The average molecular weight is 233 g/mol. The second-order valence-corrected chi connectivity index (χ2v) is 3.54. The molecule has 1 atom stereocenters. The van der Waals surface area contributed by atoms with E-state index in [1.165, 1.54) is 12.1 Å². The van der Waals surface area contributed by atoms with Gasteiger partial charge in [0.1, 0.15) is 24.3 Å². The molecule has 1 heterocycles. The van der Waals surface area contributed by atoms with Crippen LogP contribution in [0, 0.1) is 5.82 Å². The van der Waals surface area contributed by atoms with Crippen LogP contribution in [0.2, 0.25) is 0 Å². The maximum Gasteiger partial charge on any atom is 0.130 e. The van der Waals surface area contributed by atoms with Crippen LogP contribution in [0.25, 0.3) is 0 Å². The van der Waals surface area contributed by atoms with Crippen LogP contribution in [0.3, 0.4) is 0 Å². The lowest BCUT2D eigenvalue weighted by Crippen LogP contribution is -2.10. The van der Waals surface area contributed by atoms with Crippen molar-refractivity contribution in [2.75, 3.05) is 6.61 Å². The van der Waals surface area contributed by atoms with Crippen molar-refractivity contribution in [3.63, 3.8) is 0 Å². The van der Waals surface area contributed by atoms with E-state index in [0.717, 1.165) is 0 Å². The Hall–Kier alpha value is -1.94. The smallest absolute Gasteiger partial charge is 0.130 e.